The van der Waals surface area contributed by atoms with E-state index in [1.807, 2.05) is 71.1 Å². The molecule has 0 atom stereocenters. The van der Waals surface area contributed by atoms with Gasteiger partial charge in [-0.25, -0.2) is 4.68 Å². The van der Waals surface area contributed by atoms with Gasteiger partial charge in [0.1, 0.15) is 4.83 Å². The predicted molar refractivity (Wildman–Crippen MR) is 106 cm³/mol. The average Bonchev–Trinajstić information content (AvgIpc) is 3.37. The van der Waals surface area contributed by atoms with E-state index >= 15 is 0 Å². The number of hydrogen-bond donors (Lipinski definition) is 0. The van der Waals surface area contributed by atoms with Crippen LogP contribution in [0.25, 0.3) is 15.9 Å². The SMILES string of the molecule is Cc1nn(-c2ccccc2)c2sc(C(=O)N3CCc4ccccc43)cc12. The zero-order chi connectivity index (χ0) is 17.7. The number of carbonyl (C=O) groups excluding carboxylic acids is 1. The molecule has 5 heteroatoms. The summed E-state index contributed by atoms with van der Waals surface area (Å²) >= 11 is 1.52. The second-order valence-electron chi connectivity index (χ2n) is 6.50. The Kier molecular flexibility index (Phi) is 3.43. The lowest BCUT2D eigenvalue weighted by Gasteiger charge is -2.16. The fourth-order valence-corrected chi connectivity index (χ4v) is 4.71. The Morgan fingerprint density at radius 1 is 1.08 bits per heavy atom. The number of carbonyl (C=O) groups is 1. The van der Waals surface area contributed by atoms with Crippen LogP contribution in [0.2, 0.25) is 0 Å². The van der Waals surface area contributed by atoms with Crippen molar-refractivity contribution in [3.05, 3.63) is 76.8 Å². The first kappa shape index (κ1) is 15.3. The molecule has 2 aromatic heterocycles. The van der Waals surface area contributed by atoms with Crippen molar-refractivity contribution in [3.8, 4) is 5.69 Å². The maximum Gasteiger partial charge on any atom is 0.268 e. The van der Waals surface area contributed by atoms with E-state index in [0.717, 1.165) is 45.1 Å². The summed E-state index contributed by atoms with van der Waals surface area (Å²) in [5.74, 6) is 0.0789. The zero-order valence-electron chi connectivity index (χ0n) is 14.3. The third-order valence-corrected chi connectivity index (χ3v) is 5.99. The third kappa shape index (κ3) is 2.28. The molecule has 0 saturated carbocycles. The number of fused-ring (bicyclic) bond motifs is 2. The lowest BCUT2D eigenvalue weighted by molar-refractivity contribution is 0.0993. The Bertz CT molecular complexity index is 1130. The van der Waals surface area contributed by atoms with Gasteiger partial charge in [0, 0.05) is 17.6 Å². The predicted octanol–water partition coefficient (Wildman–Crippen LogP) is 4.60. The van der Waals surface area contributed by atoms with Crippen LogP contribution in [0.5, 0.6) is 0 Å². The van der Waals surface area contributed by atoms with Crippen molar-refractivity contribution >= 4 is 33.1 Å². The van der Waals surface area contributed by atoms with Crippen LogP contribution in [0.15, 0.2) is 60.7 Å². The number of aryl methyl sites for hydroxylation is 1. The van der Waals surface area contributed by atoms with Crippen molar-refractivity contribution < 1.29 is 4.79 Å². The molecule has 4 nitrogen and oxygen atoms in total. The first-order chi connectivity index (χ1) is 12.7. The molecule has 5 rings (SSSR count). The van der Waals surface area contributed by atoms with E-state index in [2.05, 4.69) is 11.2 Å². The molecule has 1 aliphatic heterocycles. The van der Waals surface area contributed by atoms with Crippen molar-refractivity contribution in [2.45, 2.75) is 13.3 Å². The minimum Gasteiger partial charge on any atom is -0.307 e. The molecule has 0 N–H and O–H groups in total. The number of benzene rings is 2. The van der Waals surface area contributed by atoms with Gasteiger partial charge in [-0.2, -0.15) is 5.10 Å². The standard InChI is InChI=1S/C21H17N3OS/c1-14-17-13-19(20(25)23-12-11-15-7-5-6-10-18(15)23)26-21(17)24(22-14)16-8-3-2-4-9-16/h2-10,13H,11-12H2,1H3. The van der Waals surface area contributed by atoms with Crippen LogP contribution in [-0.2, 0) is 6.42 Å². The molecular weight excluding hydrogens is 342 g/mol. The van der Waals surface area contributed by atoms with E-state index in [1.165, 1.54) is 16.9 Å². The molecule has 1 aliphatic rings. The Hall–Kier alpha value is -2.92. The molecule has 1 amide bonds. The number of amides is 1. The number of nitrogens with zero attached hydrogens (tertiary/aromatic N) is 3. The van der Waals surface area contributed by atoms with Crippen molar-refractivity contribution in [2.75, 3.05) is 11.4 Å². The van der Waals surface area contributed by atoms with Crippen molar-refractivity contribution in [3.63, 3.8) is 0 Å². The fourth-order valence-electron chi connectivity index (χ4n) is 3.58. The van der Waals surface area contributed by atoms with Gasteiger partial charge in [-0.1, -0.05) is 36.4 Å². The van der Waals surface area contributed by atoms with E-state index < -0.39 is 0 Å². The zero-order valence-corrected chi connectivity index (χ0v) is 15.2. The molecule has 0 saturated heterocycles. The van der Waals surface area contributed by atoms with Crippen LogP contribution in [0.4, 0.5) is 5.69 Å². The van der Waals surface area contributed by atoms with Crippen molar-refractivity contribution in [2.24, 2.45) is 0 Å². The van der Waals surface area contributed by atoms with Crippen LogP contribution in [0.1, 0.15) is 20.9 Å². The number of aromatic nitrogens is 2. The molecule has 0 spiro atoms. The maximum atomic E-state index is 13.1. The highest BCUT2D eigenvalue weighted by Gasteiger charge is 2.27. The summed E-state index contributed by atoms with van der Waals surface area (Å²) in [6, 6.07) is 20.2. The first-order valence-electron chi connectivity index (χ1n) is 8.67. The van der Waals surface area contributed by atoms with Gasteiger partial charge in [-0.15, -0.1) is 11.3 Å². The van der Waals surface area contributed by atoms with Gasteiger partial charge in [0.2, 0.25) is 0 Å². The number of rotatable bonds is 2. The quantitative estimate of drug-likeness (QED) is 0.525. The molecule has 0 bridgehead atoms. The second kappa shape index (κ2) is 5.81. The molecule has 0 radical (unpaired) electrons. The number of para-hydroxylation sites is 2. The van der Waals surface area contributed by atoms with Gasteiger partial charge in [0.05, 0.1) is 16.3 Å². The van der Waals surface area contributed by atoms with Crippen LogP contribution in [-0.4, -0.2) is 22.2 Å². The van der Waals surface area contributed by atoms with Gasteiger partial charge in [0.25, 0.3) is 5.91 Å². The molecule has 3 heterocycles. The monoisotopic (exact) mass is 359 g/mol. The summed E-state index contributed by atoms with van der Waals surface area (Å²) in [5.41, 5.74) is 4.24. The summed E-state index contributed by atoms with van der Waals surface area (Å²) in [5, 5.41) is 5.71. The smallest absolute Gasteiger partial charge is 0.268 e. The maximum absolute atomic E-state index is 13.1. The molecule has 2 aromatic carbocycles. The first-order valence-corrected chi connectivity index (χ1v) is 9.48. The highest BCUT2D eigenvalue weighted by Crippen LogP contribution is 2.34. The Balaban J connectivity index is 1.58. The number of anilines is 1. The third-order valence-electron chi connectivity index (χ3n) is 4.89. The molecule has 0 unspecified atom stereocenters. The van der Waals surface area contributed by atoms with Crippen LogP contribution < -0.4 is 4.90 Å². The molecule has 4 aromatic rings. The lowest BCUT2D eigenvalue weighted by atomic mass is 10.2. The van der Waals surface area contributed by atoms with E-state index in [-0.39, 0.29) is 5.91 Å². The molecule has 128 valence electrons. The average molecular weight is 359 g/mol. The molecule has 26 heavy (non-hydrogen) atoms. The van der Waals surface area contributed by atoms with Crippen LogP contribution in [0.3, 0.4) is 0 Å². The Morgan fingerprint density at radius 3 is 2.69 bits per heavy atom. The van der Waals surface area contributed by atoms with Gasteiger partial charge in [-0.05, 0) is 43.2 Å². The van der Waals surface area contributed by atoms with E-state index in [0.29, 0.717) is 0 Å². The van der Waals surface area contributed by atoms with Crippen molar-refractivity contribution in [1.29, 1.82) is 0 Å². The normalized spacial score (nSPS) is 13.3. The molecule has 0 fully saturated rings. The lowest BCUT2D eigenvalue weighted by Crippen LogP contribution is -2.28. The van der Waals surface area contributed by atoms with Gasteiger partial charge >= 0.3 is 0 Å². The van der Waals surface area contributed by atoms with E-state index in [4.69, 9.17) is 0 Å². The highest BCUT2D eigenvalue weighted by atomic mass is 32.1. The van der Waals surface area contributed by atoms with Gasteiger partial charge in [-0.3, -0.25) is 4.79 Å². The molecular formula is C21H17N3OS. The minimum atomic E-state index is 0.0789. The van der Waals surface area contributed by atoms with Crippen LogP contribution >= 0.6 is 11.3 Å². The summed E-state index contributed by atoms with van der Waals surface area (Å²) in [6.07, 6.45) is 0.920. The summed E-state index contributed by atoms with van der Waals surface area (Å²) in [6.45, 7) is 2.74. The van der Waals surface area contributed by atoms with E-state index in [9.17, 15) is 4.79 Å². The van der Waals surface area contributed by atoms with Crippen LogP contribution in [0, 0.1) is 6.92 Å². The minimum absolute atomic E-state index is 0.0789. The second-order valence-corrected chi connectivity index (χ2v) is 7.53. The summed E-state index contributed by atoms with van der Waals surface area (Å²) < 4.78 is 1.93. The number of hydrogen-bond acceptors (Lipinski definition) is 3. The summed E-state index contributed by atoms with van der Waals surface area (Å²) in [4.78, 5) is 16.8. The number of thiophene rings is 1. The Morgan fingerprint density at radius 2 is 1.85 bits per heavy atom. The van der Waals surface area contributed by atoms with E-state index in [1.54, 1.807) is 0 Å². The topological polar surface area (TPSA) is 38.1 Å². The highest BCUT2D eigenvalue weighted by molar-refractivity contribution is 7.20. The van der Waals surface area contributed by atoms with Gasteiger partial charge in [0.15, 0.2) is 0 Å². The molecule has 0 aliphatic carbocycles. The Labute approximate surface area is 155 Å². The van der Waals surface area contributed by atoms with Gasteiger partial charge < -0.3 is 4.90 Å². The van der Waals surface area contributed by atoms with Crippen molar-refractivity contribution in [1.82, 2.24) is 9.78 Å². The summed E-state index contributed by atoms with van der Waals surface area (Å²) in [7, 11) is 0. The fraction of sp³-hybridized carbons (Fsp3) is 0.143. The largest absolute Gasteiger partial charge is 0.307 e.